The van der Waals surface area contributed by atoms with Crippen molar-refractivity contribution in [1.29, 1.82) is 0 Å². The van der Waals surface area contributed by atoms with E-state index in [1.165, 1.54) is 19.1 Å². The first kappa shape index (κ1) is 14.5. The smallest absolute Gasteiger partial charge is 0.227 e. The third kappa shape index (κ3) is 4.05. The summed E-state index contributed by atoms with van der Waals surface area (Å²) in [4.78, 5) is 25.0. The SMILES string of the molecule is CC(=O)NC1CCCN(C(=O)Cc2ccc(F)cc2)C1. The van der Waals surface area contributed by atoms with Crippen molar-refractivity contribution >= 4 is 11.8 Å². The van der Waals surface area contributed by atoms with Crippen molar-refractivity contribution in [1.82, 2.24) is 10.2 Å². The summed E-state index contributed by atoms with van der Waals surface area (Å²) >= 11 is 0. The van der Waals surface area contributed by atoms with E-state index in [0.29, 0.717) is 6.54 Å². The van der Waals surface area contributed by atoms with E-state index in [1.807, 2.05) is 0 Å². The van der Waals surface area contributed by atoms with Crippen molar-refractivity contribution in [3.05, 3.63) is 35.6 Å². The summed E-state index contributed by atoms with van der Waals surface area (Å²) in [5.74, 6) is -0.348. The molecule has 1 aromatic rings. The normalized spacial score (nSPS) is 18.7. The van der Waals surface area contributed by atoms with Crippen LogP contribution in [0, 0.1) is 5.82 Å². The highest BCUT2D eigenvalue weighted by molar-refractivity contribution is 5.79. The van der Waals surface area contributed by atoms with Gasteiger partial charge in [-0.2, -0.15) is 0 Å². The number of halogens is 1. The molecule has 1 aromatic carbocycles. The number of benzene rings is 1. The lowest BCUT2D eigenvalue weighted by molar-refractivity contribution is -0.132. The van der Waals surface area contributed by atoms with E-state index >= 15 is 0 Å². The molecule has 2 rings (SSSR count). The van der Waals surface area contributed by atoms with Crippen LogP contribution in [0.5, 0.6) is 0 Å². The van der Waals surface area contributed by atoms with Crippen molar-refractivity contribution in [3.63, 3.8) is 0 Å². The van der Waals surface area contributed by atoms with Crippen LogP contribution >= 0.6 is 0 Å². The highest BCUT2D eigenvalue weighted by atomic mass is 19.1. The first-order chi connectivity index (χ1) is 9.54. The molecule has 108 valence electrons. The zero-order chi connectivity index (χ0) is 14.5. The maximum absolute atomic E-state index is 12.8. The highest BCUT2D eigenvalue weighted by Gasteiger charge is 2.23. The lowest BCUT2D eigenvalue weighted by Crippen LogP contribution is -2.49. The molecule has 1 atom stereocenters. The largest absolute Gasteiger partial charge is 0.352 e. The van der Waals surface area contributed by atoms with Gasteiger partial charge >= 0.3 is 0 Å². The molecule has 1 saturated heterocycles. The fourth-order valence-electron chi connectivity index (χ4n) is 2.50. The zero-order valence-electron chi connectivity index (χ0n) is 11.6. The van der Waals surface area contributed by atoms with Crippen LogP contribution < -0.4 is 5.32 Å². The average molecular weight is 278 g/mol. The quantitative estimate of drug-likeness (QED) is 0.911. The van der Waals surface area contributed by atoms with E-state index in [-0.39, 0.29) is 30.1 Å². The Morgan fingerprint density at radius 2 is 2.05 bits per heavy atom. The minimum absolute atomic E-state index is 0.0201. The highest BCUT2D eigenvalue weighted by Crippen LogP contribution is 2.12. The summed E-state index contributed by atoms with van der Waals surface area (Å²) in [5, 5.41) is 2.86. The topological polar surface area (TPSA) is 49.4 Å². The predicted molar refractivity (Wildman–Crippen MR) is 73.5 cm³/mol. The Hall–Kier alpha value is -1.91. The van der Waals surface area contributed by atoms with E-state index in [1.54, 1.807) is 17.0 Å². The number of hydrogen-bond acceptors (Lipinski definition) is 2. The van der Waals surface area contributed by atoms with Gasteiger partial charge in [-0.1, -0.05) is 12.1 Å². The second kappa shape index (κ2) is 6.50. The number of hydrogen-bond donors (Lipinski definition) is 1. The molecule has 0 saturated carbocycles. The van der Waals surface area contributed by atoms with Gasteiger partial charge in [0.2, 0.25) is 11.8 Å². The van der Waals surface area contributed by atoms with Gasteiger partial charge in [0.1, 0.15) is 5.82 Å². The Bertz CT molecular complexity index is 487. The molecule has 1 aliphatic rings. The van der Waals surface area contributed by atoms with Crippen molar-refractivity contribution in [2.45, 2.75) is 32.2 Å². The standard InChI is InChI=1S/C15H19FN2O2/c1-11(19)17-14-3-2-8-18(10-14)15(20)9-12-4-6-13(16)7-5-12/h4-7,14H,2-3,8-10H2,1H3,(H,17,19). The summed E-state index contributed by atoms with van der Waals surface area (Å²) < 4.78 is 12.8. The lowest BCUT2D eigenvalue weighted by Gasteiger charge is -2.33. The van der Waals surface area contributed by atoms with Crippen molar-refractivity contribution in [3.8, 4) is 0 Å². The molecule has 0 bridgehead atoms. The van der Waals surface area contributed by atoms with Gasteiger partial charge in [-0.05, 0) is 30.5 Å². The average Bonchev–Trinajstić information content (AvgIpc) is 2.41. The Morgan fingerprint density at radius 3 is 2.70 bits per heavy atom. The van der Waals surface area contributed by atoms with Crippen LogP contribution in [0.25, 0.3) is 0 Å². The number of nitrogens with one attached hydrogen (secondary N) is 1. The van der Waals surface area contributed by atoms with Gasteiger partial charge < -0.3 is 10.2 Å². The summed E-state index contributed by atoms with van der Waals surface area (Å²) in [6, 6.07) is 6.02. The van der Waals surface area contributed by atoms with Crippen LogP contribution in [0.2, 0.25) is 0 Å². The molecule has 1 fully saturated rings. The minimum atomic E-state index is -0.301. The predicted octanol–water partition coefficient (Wildman–Crippen LogP) is 1.50. The molecule has 0 aliphatic carbocycles. The van der Waals surface area contributed by atoms with Crippen LogP contribution in [0.15, 0.2) is 24.3 Å². The molecule has 5 heteroatoms. The Morgan fingerprint density at radius 1 is 1.35 bits per heavy atom. The van der Waals surface area contributed by atoms with Crippen molar-refractivity contribution < 1.29 is 14.0 Å². The zero-order valence-corrected chi connectivity index (χ0v) is 11.6. The van der Waals surface area contributed by atoms with E-state index in [9.17, 15) is 14.0 Å². The fourth-order valence-corrected chi connectivity index (χ4v) is 2.50. The van der Waals surface area contributed by atoms with Crippen molar-refractivity contribution in [2.75, 3.05) is 13.1 Å². The molecule has 1 aliphatic heterocycles. The Labute approximate surface area is 118 Å². The van der Waals surface area contributed by atoms with E-state index in [2.05, 4.69) is 5.32 Å². The van der Waals surface area contributed by atoms with Gasteiger partial charge in [0.05, 0.1) is 6.42 Å². The first-order valence-corrected chi connectivity index (χ1v) is 6.84. The number of piperidine rings is 1. The number of carbonyl (C=O) groups is 2. The lowest BCUT2D eigenvalue weighted by atomic mass is 10.0. The van der Waals surface area contributed by atoms with Crippen LogP contribution in [0.1, 0.15) is 25.3 Å². The minimum Gasteiger partial charge on any atom is -0.352 e. The molecule has 2 amide bonds. The molecule has 4 nitrogen and oxygen atoms in total. The number of nitrogens with zero attached hydrogens (tertiary/aromatic N) is 1. The van der Waals surface area contributed by atoms with Crippen LogP contribution in [-0.2, 0) is 16.0 Å². The number of likely N-dealkylation sites (tertiary alicyclic amines) is 1. The van der Waals surface area contributed by atoms with Gasteiger partial charge in [0.25, 0.3) is 0 Å². The molecule has 1 heterocycles. The fraction of sp³-hybridized carbons (Fsp3) is 0.467. The summed E-state index contributed by atoms with van der Waals surface area (Å²) in [5.41, 5.74) is 0.804. The van der Waals surface area contributed by atoms with Crippen LogP contribution in [0.3, 0.4) is 0 Å². The van der Waals surface area contributed by atoms with Gasteiger partial charge in [-0.25, -0.2) is 4.39 Å². The second-order valence-electron chi connectivity index (χ2n) is 5.18. The summed E-state index contributed by atoms with van der Waals surface area (Å²) in [7, 11) is 0. The van der Waals surface area contributed by atoms with E-state index < -0.39 is 0 Å². The summed E-state index contributed by atoms with van der Waals surface area (Å²) in [6.45, 7) is 2.76. The number of rotatable bonds is 3. The molecule has 20 heavy (non-hydrogen) atoms. The third-order valence-corrected chi connectivity index (χ3v) is 3.45. The summed E-state index contributed by atoms with van der Waals surface area (Å²) in [6.07, 6.45) is 2.06. The molecule has 0 radical (unpaired) electrons. The Balaban J connectivity index is 1.91. The van der Waals surface area contributed by atoms with E-state index in [0.717, 1.165) is 24.9 Å². The monoisotopic (exact) mass is 278 g/mol. The van der Waals surface area contributed by atoms with E-state index in [4.69, 9.17) is 0 Å². The first-order valence-electron chi connectivity index (χ1n) is 6.84. The van der Waals surface area contributed by atoms with Gasteiger partial charge in [-0.15, -0.1) is 0 Å². The molecular formula is C15H19FN2O2. The van der Waals surface area contributed by atoms with Gasteiger partial charge in [0.15, 0.2) is 0 Å². The molecule has 0 spiro atoms. The molecule has 0 aromatic heterocycles. The maximum atomic E-state index is 12.8. The van der Waals surface area contributed by atoms with Gasteiger partial charge in [-0.3, -0.25) is 9.59 Å². The molecular weight excluding hydrogens is 259 g/mol. The van der Waals surface area contributed by atoms with Crippen molar-refractivity contribution in [2.24, 2.45) is 0 Å². The second-order valence-corrected chi connectivity index (χ2v) is 5.18. The third-order valence-electron chi connectivity index (χ3n) is 3.45. The van der Waals surface area contributed by atoms with Crippen LogP contribution in [0.4, 0.5) is 4.39 Å². The van der Waals surface area contributed by atoms with Gasteiger partial charge in [0, 0.05) is 26.1 Å². The van der Waals surface area contributed by atoms with Crippen LogP contribution in [-0.4, -0.2) is 35.8 Å². The maximum Gasteiger partial charge on any atom is 0.227 e. The Kier molecular flexibility index (Phi) is 4.71. The number of carbonyl (C=O) groups excluding carboxylic acids is 2. The molecule has 1 N–H and O–H groups in total. The molecule has 1 unspecified atom stereocenters. The number of amides is 2.